The summed E-state index contributed by atoms with van der Waals surface area (Å²) in [6.07, 6.45) is 0. The van der Waals surface area contributed by atoms with Crippen LogP contribution in [0.1, 0.15) is 5.56 Å². The zero-order valence-corrected chi connectivity index (χ0v) is 15.3. The molecule has 1 aromatic heterocycles. The van der Waals surface area contributed by atoms with Crippen LogP contribution >= 0.6 is 11.3 Å². The third-order valence-electron chi connectivity index (χ3n) is 3.81. The zero-order chi connectivity index (χ0) is 17.2. The summed E-state index contributed by atoms with van der Waals surface area (Å²) in [6.45, 7) is 1.73. The SMILES string of the molecule is O=S1(=O)CCN(Cc2ccc(NS(=O)(=O)c3cccs3)cc2)CC1. The minimum Gasteiger partial charge on any atom is -0.297 e. The third-order valence-corrected chi connectivity index (χ3v) is 8.20. The predicted octanol–water partition coefficient (Wildman–Crippen LogP) is 1.78. The molecule has 1 N–H and O–H groups in total. The molecule has 0 saturated carbocycles. The molecule has 24 heavy (non-hydrogen) atoms. The fourth-order valence-corrected chi connectivity index (χ4v) is 5.79. The second-order valence-corrected chi connectivity index (χ2v) is 10.8. The summed E-state index contributed by atoms with van der Waals surface area (Å²) in [6, 6.07) is 10.4. The summed E-state index contributed by atoms with van der Waals surface area (Å²) in [5, 5.41) is 1.72. The van der Waals surface area contributed by atoms with Crippen LogP contribution in [0.3, 0.4) is 0 Å². The van der Waals surface area contributed by atoms with Crippen LogP contribution in [0.2, 0.25) is 0 Å². The van der Waals surface area contributed by atoms with E-state index in [1.165, 1.54) is 11.3 Å². The number of hydrogen-bond acceptors (Lipinski definition) is 6. The first kappa shape index (κ1) is 17.4. The van der Waals surface area contributed by atoms with Crippen LogP contribution < -0.4 is 4.72 Å². The number of hydrogen-bond donors (Lipinski definition) is 1. The van der Waals surface area contributed by atoms with E-state index >= 15 is 0 Å². The van der Waals surface area contributed by atoms with Crippen LogP contribution in [-0.4, -0.2) is 46.3 Å². The Hall–Kier alpha value is -1.42. The lowest BCUT2D eigenvalue weighted by molar-refractivity contribution is 0.287. The highest BCUT2D eigenvalue weighted by molar-refractivity contribution is 7.94. The second kappa shape index (κ2) is 6.83. The van der Waals surface area contributed by atoms with E-state index in [1.54, 1.807) is 29.6 Å². The van der Waals surface area contributed by atoms with E-state index in [0.29, 0.717) is 25.3 Å². The molecule has 6 nitrogen and oxygen atoms in total. The Morgan fingerprint density at radius 2 is 1.75 bits per heavy atom. The molecule has 0 atom stereocenters. The molecule has 0 bridgehead atoms. The zero-order valence-electron chi connectivity index (χ0n) is 12.9. The molecule has 1 fully saturated rings. The third kappa shape index (κ3) is 4.35. The minimum atomic E-state index is -3.53. The largest absolute Gasteiger partial charge is 0.297 e. The van der Waals surface area contributed by atoms with Crippen molar-refractivity contribution in [2.24, 2.45) is 0 Å². The number of sulfone groups is 1. The summed E-state index contributed by atoms with van der Waals surface area (Å²) < 4.78 is 50.0. The molecule has 9 heteroatoms. The van der Waals surface area contributed by atoms with Gasteiger partial charge >= 0.3 is 0 Å². The van der Waals surface area contributed by atoms with Crippen LogP contribution in [0.25, 0.3) is 0 Å². The van der Waals surface area contributed by atoms with Gasteiger partial charge in [0.2, 0.25) is 0 Å². The molecular formula is C15H18N2O4S3. The smallest absolute Gasteiger partial charge is 0.271 e. The van der Waals surface area contributed by atoms with E-state index in [2.05, 4.69) is 9.62 Å². The summed E-state index contributed by atoms with van der Waals surface area (Å²) in [5.74, 6) is 0.400. The van der Waals surface area contributed by atoms with E-state index < -0.39 is 19.9 Å². The molecule has 1 saturated heterocycles. The Bertz CT molecular complexity index is 875. The summed E-state index contributed by atoms with van der Waals surface area (Å²) in [7, 11) is -6.41. The molecule has 1 aromatic carbocycles. The standard InChI is InChI=1S/C15H18N2O4S3/c18-23(19)10-7-17(8-11-23)12-13-3-5-14(6-4-13)16-24(20,21)15-2-1-9-22-15/h1-6,9,16H,7-8,10-12H2. The maximum atomic E-state index is 12.2. The number of sulfonamides is 1. The van der Waals surface area contributed by atoms with Crippen LogP contribution in [0.15, 0.2) is 46.0 Å². The second-order valence-electron chi connectivity index (χ2n) is 5.66. The molecule has 130 valence electrons. The lowest BCUT2D eigenvalue weighted by Gasteiger charge is -2.26. The maximum Gasteiger partial charge on any atom is 0.271 e. The monoisotopic (exact) mass is 386 g/mol. The van der Waals surface area contributed by atoms with Gasteiger partial charge in [0, 0.05) is 25.3 Å². The molecule has 2 heterocycles. The quantitative estimate of drug-likeness (QED) is 0.847. The van der Waals surface area contributed by atoms with Gasteiger partial charge in [-0.2, -0.15) is 0 Å². The molecule has 1 aliphatic heterocycles. The number of nitrogens with one attached hydrogen (secondary N) is 1. The molecule has 2 aromatic rings. The van der Waals surface area contributed by atoms with Gasteiger partial charge in [-0.1, -0.05) is 18.2 Å². The first-order valence-electron chi connectivity index (χ1n) is 7.42. The van der Waals surface area contributed by atoms with Gasteiger partial charge in [0.15, 0.2) is 9.84 Å². The lowest BCUT2D eigenvalue weighted by Crippen LogP contribution is -2.39. The first-order valence-corrected chi connectivity index (χ1v) is 11.6. The number of rotatable bonds is 5. The van der Waals surface area contributed by atoms with Gasteiger partial charge in [-0.15, -0.1) is 11.3 Å². The highest BCUT2D eigenvalue weighted by Gasteiger charge is 2.21. The normalized spacial score (nSPS) is 18.3. The van der Waals surface area contributed by atoms with Gasteiger partial charge in [-0.25, -0.2) is 16.8 Å². The Labute approximate surface area is 146 Å². The van der Waals surface area contributed by atoms with Crippen LogP contribution in [0.5, 0.6) is 0 Å². The van der Waals surface area contributed by atoms with Crippen molar-refractivity contribution in [3.63, 3.8) is 0 Å². The Kier molecular flexibility index (Phi) is 4.95. The van der Waals surface area contributed by atoms with E-state index in [-0.39, 0.29) is 15.7 Å². The Morgan fingerprint density at radius 3 is 2.33 bits per heavy atom. The average molecular weight is 387 g/mol. The van der Waals surface area contributed by atoms with Gasteiger partial charge in [-0.05, 0) is 29.1 Å². The molecule has 0 unspecified atom stereocenters. The summed E-state index contributed by atoms with van der Waals surface area (Å²) in [4.78, 5) is 2.09. The molecule has 0 radical (unpaired) electrons. The van der Waals surface area contributed by atoms with Crippen LogP contribution in [0.4, 0.5) is 5.69 Å². The highest BCUT2D eigenvalue weighted by Crippen LogP contribution is 2.21. The highest BCUT2D eigenvalue weighted by atomic mass is 32.2. The molecule has 3 rings (SSSR count). The van der Waals surface area contributed by atoms with E-state index in [4.69, 9.17) is 0 Å². The number of benzene rings is 1. The lowest BCUT2D eigenvalue weighted by atomic mass is 10.2. The first-order chi connectivity index (χ1) is 11.3. The van der Waals surface area contributed by atoms with Crippen molar-refractivity contribution in [1.82, 2.24) is 4.90 Å². The van der Waals surface area contributed by atoms with Crippen molar-refractivity contribution in [2.75, 3.05) is 29.3 Å². The minimum absolute atomic E-state index is 0.200. The number of nitrogens with zero attached hydrogens (tertiary/aromatic N) is 1. The molecule has 0 spiro atoms. The van der Waals surface area contributed by atoms with Gasteiger partial charge in [0.1, 0.15) is 4.21 Å². The van der Waals surface area contributed by atoms with Crippen molar-refractivity contribution in [3.8, 4) is 0 Å². The number of thiophene rings is 1. The van der Waals surface area contributed by atoms with Crippen LogP contribution in [0, 0.1) is 0 Å². The van der Waals surface area contributed by atoms with Crippen molar-refractivity contribution in [1.29, 1.82) is 0 Å². The summed E-state index contributed by atoms with van der Waals surface area (Å²) >= 11 is 1.17. The molecular weight excluding hydrogens is 368 g/mol. The maximum absolute atomic E-state index is 12.2. The van der Waals surface area contributed by atoms with Gasteiger partial charge in [0.25, 0.3) is 10.0 Å². The van der Waals surface area contributed by atoms with E-state index in [9.17, 15) is 16.8 Å². The van der Waals surface area contributed by atoms with E-state index in [1.807, 2.05) is 12.1 Å². The van der Waals surface area contributed by atoms with Gasteiger partial charge < -0.3 is 0 Å². The van der Waals surface area contributed by atoms with Gasteiger partial charge in [-0.3, -0.25) is 9.62 Å². The Morgan fingerprint density at radius 1 is 1.08 bits per heavy atom. The van der Waals surface area contributed by atoms with Crippen molar-refractivity contribution < 1.29 is 16.8 Å². The molecule has 1 aliphatic rings. The average Bonchev–Trinajstić information content (AvgIpc) is 3.06. The van der Waals surface area contributed by atoms with Crippen molar-refractivity contribution in [3.05, 3.63) is 47.3 Å². The van der Waals surface area contributed by atoms with Crippen LogP contribution in [-0.2, 0) is 26.4 Å². The van der Waals surface area contributed by atoms with Crippen molar-refractivity contribution in [2.45, 2.75) is 10.8 Å². The van der Waals surface area contributed by atoms with Crippen molar-refractivity contribution >= 4 is 36.9 Å². The predicted molar refractivity (Wildman–Crippen MR) is 95.5 cm³/mol. The topological polar surface area (TPSA) is 83.6 Å². The van der Waals surface area contributed by atoms with E-state index in [0.717, 1.165) is 5.56 Å². The fraction of sp³-hybridized carbons (Fsp3) is 0.333. The molecule has 0 aliphatic carbocycles. The van der Waals surface area contributed by atoms with Gasteiger partial charge in [0.05, 0.1) is 11.5 Å². The Balaban J connectivity index is 1.62. The number of anilines is 1. The molecule has 0 amide bonds. The fourth-order valence-electron chi connectivity index (χ4n) is 2.47. The summed E-state index contributed by atoms with van der Waals surface area (Å²) in [5.41, 5.74) is 1.53.